The molecular weight excluding hydrogens is 633 g/mol. The Balaban J connectivity index is 0.868. The zero-order valence-corrected chi connectivity index (χ0v) is 31.6. The van der Waals surface area contributed by atoms with Gasteiger partial charge in [-0.2, -0.15) is 0 Å². The molecule has 0 amide bonds. The third-order valence-corrected chi connectivity index (χ3v) is 15.6. The van der Waals surface area contributed by atoms with Crippen molar-refractivity contribution in [3.8, 4) is 0 Å². The molecule has 0 aromatic rings. The lowest BCUT2D eigenvalue weighted by molar-refractivity contribution is -0.0607. The molecule has 6 saturated carbocycles. The first-order chi connectivity index (χ1) is 25.0. The molecule has 280 valence electrons. The second-order valence-electron chi connectivity index (χ2n) is 19.2. The molecule has 0 bridgehead atoms. The second-order valence-corrected chi connectivity index (χ2v) is 19.2. The van der Waals surface area contributed by atoms with E-state index < -0.39 is 0 Å². The van der Waals surface area contributed by atoms with Crippen molar-refractivity contribution < 1.29 is 4.74 Å². The van der Waals surface area contributed by atoms with E-state index in [0.717, 1.165) is 50.4 Å². The summed E-state index contributed by atoms with van der Waals surface area (Å²) in [6, 6.07) is 4.03. The molecule has 10 aliphatic rings. The molecule has 0 aromatic heterocycles. The zero-order valence-electron chi connectivity index (χ0n) is 31.6. The first-order valence-corrected chi connectivity index (χ1v) is 22.0. The smallest absolute Gasteiger partial charge is 0.101 e. The lowest BCUT2D eigenvalue weighted by Crippen LogP contribution is -2.50. The molecule has 4 N–H and O–H groups in total. The van der Waals surface area contributed by atoms with Crippen LogP contribution in [0.3, 0.4) is 0 Å². The molecule has 51 heavy (non-hydrogen) atoms. The number of aliphatic imine (C=N–C) groups is 4. The van der Waals surface area contributed by atoms with Gasteiger partial charge >= 0.3 is 0 Å². The van der Waals surface area contributed by atoms with Crippen LogP contribution in [-0.2, 0) is 4.74 Å². The van der Waals surface area contributed by atoms with E-state index in [4.69, 9.17) is 24.7 Å². The summed E-state index contributed by atoms with van der Waals surface area (Å²) in [4.78, 5) is 21.8. The number of nitrogens with one attached hydrogen (secondary N) is 4. The fourth-order valence-corrected chi connectivity index (χ4v) is 12.7. The monoisotopic (exact) mass is 699 g/mol. The summed E-state index contributed by atoms with van der Waals surface area (Å²) < 4.78 is 7.31. The molecule has 0 aromatic carbocycles. The number of nitrogens with zero attached hydrogens (tertiary/aromatic N) is 4. The summed E-state index contributed by atoms with van der Waals surface area (Å²) in [6.45, 7) is 4.85. The Bertz CT molecular complexity index is 1320. The van der Waals surface area contributed by atoms with Gasteiger partial charge in [-0.1, -0.05) is 39.5 Å². The molecule has 0 radical (unpaired) electrons. The number of hydrogen-bond acceptors (Lipinski definition) is 9. The van der Waals surface area contributed by atoms with E-state index in [1.54, 1.807) is 0 Å². The minimum absolute atomic E-state index is 0.274. The van der Waals surface area contributed by atoms with Crippen LogP contribution in [0.2, 0.25) is 0 Å². The van der Waals surface area contributed by atoms with Gasteiger partial charge in [0.2, 0.25) is 0 Å². The summed E-state index contributed by atoms with van der Waals surface area (Å²) in [7, 11) is 0. The highest BCUT2D eigenvalue weighted by molar-refractivity contribution is 5.96. The Morgan fingerprint density at radius 2 is 0.784 bits per heavy atom. The Morgan fingerprint density at radius 1 is 0.392 bits per heavy atom. The molecular formula is C42H66N8O. The van der Waals surface area contributed by atoms with Crippen LogP contribution in [0.4, 0.5) is 0 Å². The van der Waals surface area contributed by atoms with Gasteiger partial charge in [-0.05, 0) is 115 Å². The zero-order chi connectivity index (χ0) is 34.1. The normalized spacial score (nSPS) is 49.0. The minimum atomic E-state index is 0.274. The van der Waals surface area contributed by atoms with Crippen molar-refractivity contribution in [2.24, 2.45) is 55.5 Å². The van der Waals surface area contributed by atoms with Gasteiger partial charge in [0.05, 0.1) is 36.4 Å². The summed E-state index contributed by atoms with van der Waals surface area (Å²) in [5, 5.41) is 16.0. The third-order valence-electron chi connectivity index (χ3n) is 15.6. The van der Waals surface area contributed by atoms with Gasteiger partial charge in [0, 0.05) is 47.8 Å². The quantitative estimate of drug-likeness (QED) is 0.260. The third kappa shape index (κ3) is 6.55. The number of amidine groups is 4. The van der Waals surface area contributed by atoms with Gasteiger partial charge in [0.1, 0.15) is 23.3 Å². The van der Waals surface area contributed by atoms with Gasteiger partial charge in [-0.15, -0.1) is 0 Å². The van der Waals surface area contributed by atoms with Crippen LogP contribution < -0.4 is 21.3 Å². The minimum Gasteiger partial charge on any atom is -0.375 e. The van der Waals surface area contributed by atoms with E-state index >= 15 is 0 Å². The van der Waals surface area contributed by atoms with Gasteiger partial charge in [0.25, 0.3) is 0 Å². The fourth-order valence-electron chi connectivity index (χ4n) is 12.7. The van der Waals surface area contributed by atoms with E-state index in [2.05, 4.69) is 35.1 Å². The fraction of sp³-hybridized carbons (Fsp3) is 0.905. The molecule has 6 aliphatic carbocycles. The molecule has 9 heteroatoms. The lowest BCUT2D eigenvalue weighted by Gasteiger charge is -2.41. The highest BCUT2D eigenvalue weighted by Crippen LogP contribution is 2.43. The van der Waals surface area contributed by atoms with E-state index in [1.807, 2.05) is 0 Å². The van der Waals surface area contributed by atoms with E-state index in [-0.39, 0.29) is 12.2 Å². The van der Waals surface area contributed by atoms with Gasteiger partial charge in [-0.25, -0.2) is 0 Å². The van der Waals surface area contributed by atoms with Crippen molar-refractivity contribution >= 4 is 23.3 Å². The Morgan fingerprint density at radius 3 is 1.24 bits per heavy atom. The molecule has 4 heterocycles. The van der Waals surface area contributed by atoms with Crippen molar-refractivity contribution in [1.82, 2.24) is 21.3 Å². The van der Waals surface area contributed by atoms with Crippen LogP contribution >= 0.6 is 0 Å². The standard InChI is InChI=1S/C42H66N8O/c1-23-11-17-35-37(19-23)49-41(47-35)29-21-25(13-15-27(29)39-43-31-7-3-4-8-32(31)44-39)51-26-14-16-28(40-45-33-9-5-6-10-34(33)46-40)30(22-26)42-48-36-18-12-24(2)20-38(36)50-42/h23-38H,3-22H2,1-2H3,(H,43,44)(H,45,46)(H,47,49)(H,48,50). The first kappa shape index (κ1) is 33.4. The van der Waals surface area contributed by atoms with Crippen molar-refractivity contribution in [3.05, 3.63) is 0 Å². The van der Waals surface area contributed by atoms with Crippen LogP contribution in [0.1, 0.15) is 142 Å². The van der Waals surface area contributed by atoms with Crippen LogP contribution in [0.25, 0.3) is 0 Å². The van der Waals surface area contributed by atoms with Crippen molar-refractivity contribution in [1.29, 1.82) is 0 Å². The average molecular weight is 699 g/mol. The maximum atomic E-state index is 7.31. The molecule has 0 saturated heterocycles. The molecule has 4 aliphatic heterocycles. The van der Waals surface area contributed by atoms with Crippen molar-refractivity contribution in [2.75, 3.05) is 0 Å². The van der Waals surface area contributed by atoms with Crippen LogP contribution in [0.15, 0.2) is 20.0 Å². The number of fused-ring (bicyclic) bond motifs is 4. The predicted molar refractivity (Wildman–Crippen MR) is 206 cm³/mol. The summed E-state index contributed by atoms with van der Waals surface area (Å²) >= 11 is 0. The number of rotatable bonds is 6. The SMILES string of the molecule is CC1CCC2N=C(C3CC(OC4CCC(C5=NC6CCCCC6N5)C(C5=NC6CCC(C)CC6N5)C4)CCC3C3=NC4CCCCC4N3)NC2C1. The largest absolute Gasteiger partial charge is 0.375 e. The molecule has 0 spiro atoms. The average Bonchev–Trinajstić information content (AvgIpc) is 3.95. The van der Waals surface area contributed by atoms with E-state index in [9.17, 15) is 0 Å². The highest BCUT2D eigenvalue weighted by Gasteiger charge is 2.48. The highest BCUT2D eigenvalue weighted by atomic mass is 16.5. The Kier molecular flexibility index (Phi) is 9.12. The Hall–Kier alpha value is -2.16. The molecule has 9 nitrogen and oxygen atoms in total. The van der Waals surface area contributed by atoms with E-state index in [1.165, 1.54) is 113 Å². The maximum absolute atomic E-state index is 7.31. The van der Waals surface area contributed by atoms with Crippen molar-refractivity contribution in [2.45, 2.75) is 203 Å². The Labute approximate surface area is 307 Å². The topological polar surface area (TPSA) is 107 Å². The van der Waals surface area contributed by atoms with E-state index in [0.29, 0.717) is 72.0 Å². The summed E-state index contributed by atoms with van der Waals surface area (Å²) in [6.07, 6.45) is 25.2. The van der Waals surface area contributed by atoms with Crippen molar-refractivity contribution in [3.63, 3.8) is 0 Å². The van der Waals surface area contributed by atoms with Gasteiger partial charge in [0.15, 0.2) is 0 Å². The van der Waals surface area contributed by atoms with Crippen LogP contribution in [0.5, 0.6) is 0 Å². The van der Waals surface area contributed by atoms with Crippen LogP contribution in [0, 0.1) is 35.5 Å². The number of hydrogen-bond donors (Lipinski definition) is 4. The lowest BCUT2D eigenvalue weighted by atomic mass is 9.74. The molecule has 10 rings (SSSR count). The van der Waals surface area contributed by atoms with Crippen LogP contribution in [-0.4, -0.2) is 83.9 Å². The predicted octanol–water partition coefficient (Wildman–Crippen LogP) is 6.32. The molecule has 6 fully saturated rings. The molecule has 16 atom stereocenters. The number of ether oxygens (including phenoxy) is 1. The van der Waals surface area contributed by atoms with Gasteiger partial charge in [-0.3, -0.25) is 20.0 Å². The summed E-state index contributed by atoms with van der Waals surface area (Å²) in [5.74, 6) is 8.35. The summed E-state index contributed by atoms with van der Waals surface area (Å²) in [5.41, 5.74) is 0. The molecule has 16 unspecified atom stereocenters. The second kappa shape index (κ2) is 13.9. The first-order valence-electron chi connectivity index (χ1n) is 22.0. The maximum Gasteiger partial charge on any atom is 0.101 e. The van der Waals surface area contributed by atoms with Gasteiger partial charge < -0.3 is 26.0 Å².